The molecule has 3 aromatic rings. The summed E-state index contributed by atoms with van der Waals surface area (Å²) in [5, 5.41) is 2.91. The number of anilines is 1. The highest BCUT2D eigenvalue weighted by atomic mass is 17.2. The molecular weight excluding hydrogens is 406 g/mol. The van der Waals surface area contributed by atoms with Crippen molar-refractivity contribution in [2.24, 2.45) is 5.92 Å². The molecular formula is C26H25NO5. The molecule has 0 spiro atoms. The van der Waals surface area contributed by atoms with Gasteiger partial charge in [-0.05, 0) is 23.3 Å². The van der Waals surface area contributed by atoms with Crippen LogP contribution in [0.4, 0.5) is 5.69 Å². The molecule has 0 unspecified atom stereocenters. The molecule has 1 saturated heterocycles. The molecule has 0 aliphatic carbocycles. The molecule has 6 nitrogen and oxygen atoms in total. The molecule has 3 aromatic carbocycles. The van der Waals surface area contributed by atoms with Crippen molar-refractivity contribution in [2.45, 2.75) is 31.7 Å². The van der Waals surface area contributed by atoms with Crippen LogP contribution in [0.15, 0.2) is 91.0 Å². The largest absolute Gasteiger partial charge is 0.430 e. The van der Waals surface area contributed by atoms with Gasteiger partial charge in [0, 0.05) is 26.0 Å². The first-order chi connectivity index (χ1) is 15.4. The molecule has 2 atom stereocenters. The summed E-state index contributed by atoms with van der Waals surface area (Å²) in [6, 6.07) is 28.3. The highest BCUT2D eigenvalue weighted by Crippen LogP contribution is 2.48. The van der Waals surface area contributed by atoms with Gasteiger partial charge in [0.05, 0.1) is 0 Å². The molecule has 0 bridgehead atoms. The third kappa shape index (κ3) is 4.28. The number of esters is 1. The highest BCUT2D eigenvalue weighted by molar-refractivity contribution is 5.93. The van der Waals surface area contributed by atoms with Gasteiger partial charge in [0.2, 0.25) is 5.91 Å². The van der Waals surface area contributed by atoms with Gasteiger partial charge in [-0.2, -0.15) is 4.89 Å². The molecule has 164 valence electrons. The van der Waals surface area contributed by atoms with Crippen LogP contribution >= 0.6 is 0 Å². The van der Waals surface area contributed by atoms with Crippen LogP contribution in [0.25, 0.3) is 0 Å². The number of hydrogen-bond acceptors (Lipinski definition) is 5. The van der Waals surface area contributed by atoms with Gasteiger partial charge in [0.25, 0.3) is 5.79 Å². The zero-order chi connectivity index (χ0) is 22.6. The molecule has 1 fully saturated rings. The third-order valence-electron chi connectivity index (χ3n) is 5.66. The van der Waals surface area contributed by atoms with E-state index in [1.165, 1.54) is 6.92 Å². The molecule has 32 heavy (non-hydrogen) atoms. The maximum atomic E-state index is 13.5. The van der Waals surface area contributed by atoms with E-state index in [-0.39, 0.29) is 12.3 Å². The number of carbonyl (C=O) groups is 2. The first kappa shape index (κ1) is 21.7. The van der Waals surface area contributed by atoms with Gasteiger partial charge < -0.3 is 10.1 Å². The van der Waals surface area contributed by atoms with E-state index in [0.29, 0.717) is 5.69 Å². The average Bonchev–Trinajstić information content (AvgIpc) is 2.81. The number of benzene rings is 3. The Morgan fingerprint density at radius 2 is 1.34 bits per heavy atom. The highest BCUT2D eigenvalue weighted by Gasteiger charge is 2.56. The molecule has 1 heterocycles. The van der Waals surface area contributed by atoms with Gasteiger partial charge in [-0.25, -0.2) is 4.89 Å². The summed E-state index contributed by atoms with van der Waals surface area (Å²) in [6.45, 7) is 2.82. The summed E-state index contributed by atoms with van der Waals surface area (Å²) in [4.78, 5) is 37.1. The van der Waals surface area contributed by atoms with Crippen LogP contribution in [-0.4, -0.2) is 17.7 Å². The van der Waals surface area contributed by atoms with Gasteiger partial charge >= 0.3 is 5.97 Å². The normalized spacial score (nSPS) is 22.0. The Labute approximate surface area is 187 Å². The quantitative estimate of drug-likeness (QED) is 0.463. The monoisotopic (exact) mass is 431 g/mol. The Balaban J connectivity index is 1.77. The molecule has 0 saturated carbocycles. The van der Waals surface area contributed by atoms with Crippen LogP contribution in [0, 0.1) is 5.92 Å². The van der Waals surface area contributed by atoms with E-state index in [2.05, 4.69) is 5.32 Å². The Hall–Kier alpha value is -3.48. The number of ether oxygens (including phenoxy) is 1. The van der Waals surface area contributed by atoms with Crippen molar-refractivity contribution >= 4 is 17.6 Å². The number of para-hydroxylation sites is 1. The van der Waals surface area contributed by atoms with Crippen LogP contribution in [0.1, 0.15) is 31.4 Å². The molecule has 1 amide bonds. The molecule has 6 heteroatoms. The second kappa shape index (κ2) is 8.94. The Morgan fingerprint density at radius 1 is 0.844 bits per heavy atom. The standard InChI is InChI=1S/C26H25NO5/c1-19(28)30-25(2)23(24(29)27-22-16-10-5-11-17-22)18-26(32-31-25,20-12-6-3-7-13-20)21-14-8-4-9-15-21/h3-17,23H,18H2,1-2H3,(H,27,29)/t23-,25+/m1/s1. The van der Waals surface area contributed by atoms with E-state index >= 15 is 0 Å². The summed E-state index contributed by atoms with van der Waals surface area (Å²) in [7, 11) is 0. The maximum absolute atomic E-state index is 13.5. The van der Waals surface area contributed by atoms with Crippen molar-refractivity contribution in [1.82, 2.24) is 0 Å². The predicted molar refractivity (Wildman–Crippen MR) is 119 cm³/mol. The van der Waals surface area contributed by atoms with Crippen LogP contribution < -0.4 is 5.32 Å². The van der Waals surface area contributed by atoms with Crippen molar-refractivity contribution in [3.8, 4) is 0 Å². The van der Waals surface area contributed by atoms with E-state index in [1.54, 1.807) is 19.1 Å². The van der Waals surface area contributed by atoms with E-state index in [1.807, 2.05) is 78.9 Å². The van der Waals surface area contributed by atoms with Gasteiger partial charge in [0.1, 0.15) is 5.92 Å². The lowest BCUT2D eigenvalue weighted by molar-refractivity contribution is -0.486. The van der Waals surface area contributed by atoms with Crippen LogP contribution in [0.2, 0.25) is 0 Å². The third-order valence-corrected chi connectivity index (χ3v) is 5.66. The second-order valence-electron chi connectivity index (χ2n) is 7.95. The Kier molecular flexibility index (Phi) is 6.08. The van der Waals surface area contributed by atoms with Crippen molar-refractivity contribution < 1.29 is 24.1 Å². The van der Waals surface area contributed by atoms with Crippen LogP contribution in [0.5, 0.6) is 0 Å². The lowest BCUT2D eigenvalue weighted by Crippen LogP contribution is -2.56. The topological polar surface area (TPSA) is 73.9 Å². The fourth-order valence-corrected chi connectivity index (χ4v) is 4.09. The van der Waals surface area contributed by atoms with E-state index < -0.39 is 23.3 Å². The van der Waals surface area contributed by atoms with Crippen LogP contribution in [-0.2, 0) is 29.7 Å². The summed E-state index contributed by atoms with van der Waals surface area (Å²) >= 11 is 0. The summed E-state index contributed by atoms with van der Waals surface area (Å²) in [5.41, 5.74) is 1.22. The minimum atomic E-state index is -1.60. The predicted octanol–water partition coefficient (Wildman–Crippen LogP) is 4.82. The van der Waals surface area contributed by atoms with Gasteiger partial charge in [-0.1, -0.05) is 78.9 Å². The summed E-state index contributed by atoms with van der Waals surface area (Å²) < 4.78 is 5.47. The van der Waals surface area contributed by atoms with E-state index in [4.69, 9.17) is 14.5 Å². The second-order valence-corrected chi connectivity index (χ2v) is 7.95. The Bertz CT molecular complexity index is 1030. The molecule has 4 rings (SSSR count). The fraction of sp³-hybridized carbons (Fsp3) is 0.231. The summed E-state index contributed by atoms with van der Waals surface area (Å²) in [5.74, 6) is -3.36. The van der Waals surface area contributed by atoms with Crippen LogP contribution in [0.3, 0.4) is 0 Å². The number of amides is 1. The lowest BCUT2D eigenvalue weighted by Gasteiger charge is -2.47. The van der Waals surface area contributed by atoms with Crippen molar-refractivity contribution in [3.63, 3.8) is 0 Å². The van der Waals surface area contributed by atoms with Crippen molar-refractivity contribution in [1.29, 1.82) is 0 Å². The number of hydrogen-bond donors (Lipinski definition) is 1. The molecule has 0 radical (unpaired) electrons. The molecule has 1 aliphatic rings. The first-order valence-corrected chi connectivity index (χ1v) is 10.5. The first-order valence-electron chi connectivity index (χ1n) is 10.5. The minimum Gasteiger partial charge on any atom is -0.430 e. The van der Waals surface area contributed by atoms with Gasteiger partial charge in [-0.15, -0.1) is 0 Å². The maximum Gasteiger partial charge on any atom is 0.305 e. The van der Waals surface area contributed by atoms with Crippen molar-refractivity contribution in [3.05, 3.63) is 102 Å². The summed E-state index contributed by atoms with van der Waals surface area (Å²) in [6.07, 6.45) is 0.198. The smallest absolute Gasteiger partial charge is 0.305 e. The zero-order valence-corrected chi connectivity index (χ0v) is 18.0. The number of nitrogens with one attached hydrogen (secondary N) is 1. The van der Waals surface area contributed by atoms with Crippen molar-refractivity contribution in [2.75, 3.05) is 5.32 Å². The zero-order valence-electron chi connectivity index (χ0n) is 18.0. The van der Waals surface area contributed by atoms with Gasteiger partial charge in [0.15, 0.2) is 5.60 Å². The fourth-order valence-electron chi connectivity index (χ4n) is 4.09. The SMILES string of the molecule is CC(=O)O[C@@]1(C)OOC(c2ccccc2)(c2ccccc2)C[C@@H]1C(=O)Nc1ccccc1. The molecule has 1 aliphatic heterocycles. The molecule has 1 N–H and O–H groups in total. The Morgan fingerprint density at radius 3 is 1.84 bits per heavy atom. The number of carbonyl (C=O) groups excluding carboxylic acids is 2. The van der Waals surface area contributed by atoms with E-state index in [9.17, 15) is 9.59 Å². The number of rotatable bonds is 5. The average molecular weight is 431 g/mol. The van der Waals surface area contributed by atoms with E-state index in [0.717, 1.165) is 11.1 Å². The molecule has 0 aromatic heterocycles. The lowest BCUT2D eigenvalue weighted by atomic mass is 9.76. The minimum absolute atomic E-state index is 0.198. The van der Waals surface area contributed by atoms with Gasteiger partial charge in [-0.3, -0.25) is 9.59 Å².